The summed E-state index contributed by atoms with van der Waals surface area (Å²) in [6.45, 7) is 0. The molecule has 92 valence electrons. The van der Waals surface area contributed by atoms with Crippen molar-refractivity contribution in [2.24, 2.45) is 0 Å². The Balaban J connectivity index is 2.35. The molecule has 18 heavy (non-hydrogen) atoms. The molecular formula is C13H8ClIO2S. The number of hydrogen-bond donors (Lipinski definition) is 1. The van der Waals surface area contributed by atoms with Gasteiger partial charge in [0.25, 0.3) is 0 Å². The van der Waals surface area contributed by atoms with Crippen molar-refractivity contribution in [2.45, 2.75) is 0 Å². The third-order valence-electron chi connectivity index (χ3n) is 2.21. The SMILES string of the molecule is O=C(O)/C=C/c1ccc(-c2cc(I)ccc2Cl)s1. The highest BCUT2D eigenvalue weighted by atomic mass is 127. The van der Waals surface area contributed by atoms with Gasteiger partial charge in [0.2, 0.25) is 0 Å². The Kier molecular flexibility index (Phi) is 4.42. The number of rotatable bonds is 3. The van der Waals surface area contributed by atoms with Crippen LogP contribution < -0.4 is 0 Å². The molecule has 0 amide bonds. The highest BCUT2D eigenvalue weighted by molar-refractivity contribution is 14.1. The molecule has 0 spiro atoms. The van der Waals surface area contributed by atoms with E-state index in [0.717, 1.165) is 25.0 Å². The lowest BCUT2D eigenvalue weighted by atomic mass is 10.2. The second kappa shape index (κ2) is 5.86. The Morgan fingerprint density at radius 1 is 1.33 bits per heavy atom. The van der Waals surface area contributed by atoms with Crippen LogP contribution in [-0.4, -0.2) is 11.1 Å². The van der Waals surface area contributed by atoms with E-state index in [1.165, 1.54) is 11.3 Å². The summed E-state index contributed by atoms with van der Waals surface area (Å²) in [6.07, 6.45) is 2.71. The van der Waals surface area contributed by atoms with Crippen molar-refractivity contribution in [3.63, 3.8) is 0 Å². The molecule has 2 aromatic rings. The summed E-state index contributed by atoms with van der Waals surface area (Å²) in [4.78, 5) is 12.4. The summed E-state index contributed by atoms with van der Waals surface area (Å²) >= 11 is 9.91. The maximum absolute atomic E-state index is 10.4. The average Bonchev–Trinajstić information content (AvgIpc) is 2.78. The molecule has 0 aliphatic heterocycles. The van der Waals surface area contributed by atoms with E-state index in [1.807, 2.05) is 30.3 Å². The predicted molar refractivity (Wildman–Crippen MR) is 84.2 cm³/mol. The molecule has 5 heteroatoms. The minimum atomic E-state index is -0.947. The van der Waals surface area contributed by atoms with Gasteiger partial charge in [0.05, 0.1) is 0 Å². The molecule has 2 rings (SSSR count). The zero-order chi connectivity index (χ0) is 13.1. The van der Waals surface area contributed by atoms with E-state index in [9.17, 15) is 4.79 Å². The lowest BCUT2D eigenvalue weighted by Crippen LogP contribution is -1.84. The van der Waals surface area contributed by atoms with E-state index in [-0.39, 0.29) is 0 Å². The van der Waals surface area contributed by atoms with Crippen molar-refractivity contribution in [2.75, 3.05) is 0 Å². The minimum absolute atomic E-state index is 0.700. The molecule has 0 saturated carbocycles. The Bertz CT molecular complexity index is 619. The van der Waals surface area contributed by atoms with Crippen molar-refractivity contribution < 1.29 is 9.90 Å². The summed E-state index contributed by atoms with van der Waals surface area (Å²) in [6, 6.07) is 9.66. The standard InChI is InChI=1S/C13H8ClIO2S/c14-11-4-1-8(15)7-10(11)12-5-2-9(18-12)3-6-13(16)17/h1-7H,(H,16,17)/b6-3+. The first-order chi connectivity index (χ1) is 8.56. The van der Waals surface area contributed by atoms with Crippen molar-refractivity contribution >= 4 is 57.6 Å². The zero-order valence-corrected chi connectivity index (χ0v) is 12.8. The van der Waals surface area contributed by atoms with E-state index < -0.39 is 5.97 Å². The number of aliphatic carboxylic acids is 1. The Hall–Kier alpha value is -0.850. The molecule has 1 aromatic heterocycles. The zero-order valence-electron chi connectivity index (χ0n) is 9.06. The lowest BCUT2D eigenvalue weighted by Gasteiger charge is -2.01. The fourth-order valence-corrected chi connectivity index (χ4v) is 3.13. The summed E-state index contributed by atoms with van der Waals surface area (Å²) in [7, 11) is 0. The van der Waals surface area contributed by atoms with Crippen molar-refractivity contribution in [1.82, 2.24) is 0 Å². The number of benzene rings is 1. The van der Waals surface area contributed by atoms with Crippen LogP contribution in [0.2, 0.25) is 5.02 Å². The minimum Gasteiger partial charge on any atom is -0.478 e. The third kappa shape index (κ3) is 3.34. The molecule has 0 aliphatic carbocycles. The van der Waals surface area contributed by atoms with Crippen molar-refractivity contribution in [3.8, 4) is 10.4 Å². The summed E-state index contributed by atoms with van der Waals surface area (Å²) in [5, 5.41) is 9.27. The molecule has 1 aromatic carbocycles. The second-order valence-electron chi connectivity index (χ2n) is 3.50. The largest absolute Gasteiger partial charge is 0.478 e. The van der Waals surface area contributed by atoms with Gasteiger partial charge < -0.3 is 5.11 Å². The Labute approximate surface area is 127 Å². The quantitative estimate of drug-likeness (QED) is 0.605. The molecule has 0 aliphatic rings. The highest BCUT2D eigenvalue weighted by Gasteiger charge is 2.06. The maximum Gasteiger partial charge on any atom is 0.328 e. The monoisotopic (exact) mass is 390 g/mol. The van der Waals surface area contributed by atoms with Crippen molar-refractivity contribution in [1.29, 1.82) is 0 Å². The van der Waals surface area contributed by atoms with Gasteiger partial charge in [-0.15, -0.1) is 11.3 Å². The van der Waals surface area contributed by atoms with Gasteiger partial charge in [-0.1, -0.05) is 11.6 Å². The number of thiophene rings is 1. The molecule has 0 unspecified atom stereocenters. The number of hydrogen-bond acceptors (Lipinski definition) is 2. The van der Waals surface area contributed by atoms with E-state index >= 15 is 0 Å². The normalized spacial score (nSPS) is 11.0. The maximum atomic E-state index is 10.4. The molecule has 0 radical (unpaired) electrons. The molecular weight excluding hydrogens is 383 g/mol. The third-order valence-corrected chi connectivity index (χ3v) is 4.30. The first-order valence-electron chi connectivity index (χ1n) is 5.02. The number of carboxylic acids is 1. The van der Waals surface area contributed by atoms with Gasteiger partial charge in [-0.25, -0.2) is 4.79 Å². The molecule has 0 saturated heterocycles. The van der Waals surface area contributed by atoms with Crippen LogP contribution in [0.5, 0.6) is 0 Å². The Morgan fingerprint density at radius 3 is 2.83 bits per heavy atom. The number of carboxylic acid groups (broad SMARTS) is 1. The van der Waals surface area contributed by atoms with Crippen LogP contribution in [-0.2, 0) is 4.79 Å². The number of halogens is 2. The smallest absolute Gasteiger partial charge is 0.328 e. The highest BCUT2D eigenvalue weighted by Crippen LogP contribution is 2.34. The van der Waals surface area contributed by atoms with E-state index in [2.05, 4.69) is 22.6 Å². The van der Waals surface area contributed by atoms with Gasteiger partial charge in [-0.05, 0) is 59.0 Å². The summed E-state index contributed by atoms with van der Waals surface area (Å²) in [5.41, 5.74) is 0.976. The molecule has 0 bridgehead atoms. The fraction of sp³-hybridized carbons (Fsp3) is 0. The van der Waals surface area contributed by atoms with Crippen LogP contribution in [0.1, 0.15) is 4.88 Å². The van der Waals surface area contributed by atoms with Crippen molar-refractivity contribution in [3.05, 3.63) is 49.9 Å². The first kappa shape index (κ1) is 13.6. The lowest BCUT2D eigenvalue weighted by molar-refractivity contribution is -0.131. The Morgan fingerprint density at radius 2 is 2.11 bits per heavy atom. The molecule has 2 nitrogen and oxygen atoms in total. The van der Waals surface area contributed by atoms with Crippen LogP contribution in [0.3, 0.4) is 0 Å². The van der Waals surface area contributed by atoms with Crippen LogP contribution in [0, 0.1) is 3.57 Å². The van der Waals surface area contributed by atoms with Crippen LogP contribution in [0.25, 0.3) is 16.5 Å². The van der Waals surface area contributed by atoms with Crippen LogP contribution in [0.4, 0.5) is 0 Å². The average molecular weight is 391 g/mol. The van der Waals surface area contributed by atoms with E-state index in [1.54, 1.807) is 6.08 Å². The molecule has 1 heterocycles. The molecule has 1 N–H and O–H groups in total. The van der Waals surface area contributed by atoms with E-state index in [0.29, 0.717) is 5.02 Å². The van der Waals surface area contributed by atoms with Gasteiger partial charge in [-0.3, -0.25) is 0 Å². The van der Waals surface area contributed by atoms with E-state index in [4.69, 9.17) is 16.7 Å². The molecule has 0 fully saturated rings. The van der Waals surface area contributed by atoms with Gasteiger partial charge in [0.1, 0.15) is 0 Å². The summed E-state index contributed by atoms with van der Waals surface area (Å²) < 4.78 is 1.11. The van der Waals surface area contributed by atoms with Gasteiger partial charge in [-0.2, -0.15) is 0 Å². The van der Waals surface area contributed by atoms with Crippen LogP contribution in [0.15, 0.2) is 36.4 Å². The summed E-state index contributed by atoms with van der Waals surface area (Å²) in [5.74, 6) is -0.947. The molecule has 0 atom stereocenters. The number of carbonyl (C=O) groups is 1. The first-order valence-corrected chi connectivity index (χ1v) is 7.30. The van der Waals surface area contributed by atoms with Gasteiger partial charge >= 0.3 is 5.97 Å². The van der Waals surface area contributed by atoms with Gasteiger partial charge in [0, 0.05) is 30.0 Å². The fourth-order valence-electron chi connectivity index (χ4n) is 1.43. The van der Waals surface area contributed by atoms with Crippen LogP contribution >= 0.6 is 45.5 Å². The predicted octanol–water partition coefficient (Wildman–Crippen LogP) is 4.77. The topological polar surface area (TPSA) is 37.3 Å². The second-order valence-corrected chi connectivity index (χ2v) is 6.27. The van der Waals surface area contributed by atoms with Gasteiger partial charge in [0.15, 0.2) is 0 Å².